The first-order valence-electron chi connectivity index (χ1n) is 6.45. The van der Waals surface area contributed by atoms with Gasteiger partial charge < -0.3 is 0 Å². The van der Waals surface area contributed by atoms with Crippen LogP contribution in [-0.2, 0) is 6.42 Å². The molecular formula is C16H20S. The van der Waals surface area contributed by atoms with Crippen LogP contribution in [0.5, 0.6) is 0 Å². The Labute approximate surface area is 108 Å². The maximum atomic E-state index is 2.33. The number of benzene rings is 2. The zero-order chi connectivity index (χ0) is 11.9. The number of aryl methyl sites for hydroxylation is 1. The molecule has 0 fully saturated rings. The molecule has 17 heavy (non-hydrogen) atoms. The van der Waals surface area contributed by atoms with E-state index in [0.717, 1.165) is 0 Å². The Morgan fingerprint density at radius 2 is 1.76 bits per heavy atom. The quantitative estimate of drug-likeness (QED) is 0.650. The van der Waals surface area contributed by atoms with Gasteiger partial charge in [0.25, 0.3) is 0 Å². The summed E-state index contributed by atoms with van der Waals surface area (Å²) >= 11 is 2.08. The number of hydrogen-bond donors (Lipinski definition) is 0. The zero-order valence-corrected chi connectivity index (χ0v) is 11.3. The minimum atomic E-state index is 1.19. The van der Waals surface area contributed by atoms with Crippen LogP contribution in [0.1, 0.15) is 25.3 Å². The van der Waals surface area contributed by atoms with E-state index in [4.69, 9.17) is 0 Å². The molecule has 0 aliphatic heterocycles. The summed E-state index contributed by atoms with van der Waals surface area (Å²) in [6, 6.07) is 15.4. The highest BCUT2D eigenvalue weighted by Crippen LogP contribution is 2.17. The molecule has 0 aromatic heterocycles. The van der Waals surface area contributed by atoms with Gasteiger partial charge in [-0.3, -0.25) is 0 Å². The third kappa shape index (κ3) is 3.78. The SMILES string of the molecule is CCCCSCCc1ccc2ccccc2c1. The molecule has 2 aromatic carbocycles. The molecular weight excluding hydrogens is 224 g/mol. The van der Waals surface area contributed by atoms with Crippen molar-refractivity contribution in [2.75, 3.05) is 11.5 Å². The molecule has 2 rings (SSSR count). The van der Waals surface area contributed by atoms with Crippen molar-refractivity contribution >= 4 is 22.5 Å². The normalized spacial score (nSPS) is 10.9. The lowest BCUT2D eigenvalue weighted by molar-refractivity contribution is 0.895. The van der Waals surface area contributed by atoms with Crippen molar-refractivity contribution in [3.63, 3.8) is 0 Å². The van der Waals surface area contributed by atoms with Crippen LogP contribution in [0.4, 0.5) is 0 Å². The standard InChI is InChI=1S/C16H20S/c1-2-3-11-17-12-10-14-8-9-15-6-4-5-7-16(15)13-14/h4-9,13H,2-3,10-12H2,1H3. The molecule has 2 aromatic rings. The summed E-state index contributed by atoms with van der Waals surface area (Å²) < 4.78 is 0. The Morgan fingerprint density at radius 3 is 2.59 bits per heavy atom. The number of hydrogen-bond acceptors (Lipinski definition) is 1. The second-order valence-corrected chi connectivity index (χ2v) is 5.62. The van der Waals surface area contributed by atoms with E-state index in [1.165, 1.54) is 47.1 Å². The fourth-order valence-corrected chi connectivity index (χ4v) is 3.01. The van der Waals surface area contributed by atoms with Gasteiger partial charge in [0.15, 0.2) is 0 Å². The van der Waals surface area contributed by atoms with Crippen molar-refractivity contribution in [1.82, 2.24) is 0 Å². The topological polar surface area (TPSA) is 0 Å². The Bertz CT molecular complexity index is 462. The van der Waals surface area contributed by atoms with E-state index in [0.29, 0.717) is 0 Å². The molecule has 0 saturated carbocycles. The van der Waals surface area contributed by atoms with Gasteiger partial charge in [-0.1, -0.05) is 55.8 Å². The van der Waals surface area contributed by atoms with Gasteiger partial charge in [-0.2, -0.15) is 11.8 Å². The summed E-state index contributed by atoms with van der Waals surface area (Å²) in [7, 11) is 0. The van der Waals surface area contributed by atoms with E-state index in [-0.39, 0.29) is 0 Å². The highest BCUT2D eigenvalue weighted by atomic mass is 32.2. The minimum absolute atomic E-state index is 1.19. The summed E-state index contributed by atoms with van der Waals surface area (Å²) in [6.07, 6.45) is 3.85. The first-order valence-corrected chi connectivity index (χ1v) is 7.61. The van der Waals surface area contributed by atoms with Gasteiger partial charge in [0.1, 0.15) is 0 Å². The molecule has 0 atom stereocenters. The zero-order valence-electron chi connectivity index (χ0n) is 10.5. The van der Waals surface area contributed by atoms with Crippen LogP contribution in [0.3, 0.4) is 0 Å². The molecule has 90 valence electrons. The van der Waals surface area contributed by atoms with Gasteiger partial charge in [-0.25, -0.2) is 0 Å². The van der Waals surface area contributed by atoms with Crippen LogP contribution >= 0.6 is 11.8 Å². The van der Waals surface area contributed by atoms with E-state index >= 15 is 0 Å². The summed E-state index contributed by atoms with van der Waals surface area (Å²) in [5, 5.41) is 2.71. The highest BCUT2D eigenvalue weighted by Gasteiger charge is 1.96. The highest BCUT2D eigenvalue weighted by molar-refractivity contribution is 7.99. The first kappa shape index (κ1) is 12.5. The molecule has 0 aliphatic carbocycles. The molecule has 0 aliphatic rings. The third-order valence-corrected chi connectivity index (χ3v) is 4.06. The fourth-order valence-electron chi connectivity index (χ4n) is 1.93. The third-order valence-electron chi connectivity index (χ3n) is 2.99. The largest absolute Gasteiger partial charge is 0.162 e. The second-order valence-electron chi connectivity index (χ2n) is 4.40. The molecule has 0 N–H and O–H groups in total. The van der Waals surface area contributed by atoms with E-state index in [1.807, 2.05) is 0 Å². The molecule has 0 bridgehead atoms. The van der Waals surface area contributed by atoms with Crippen LogP contribution < -0.4 is 0 Å². The monoisotopic (exact) mass is 244 g/mol. The van der Waals surface area contributed by atoms with E-state index in [9.17, 15) is 0 Å². The summed E-state index contributed by atoms with van der Waals surface area (Å²) in [5.41, 5.74) is 1.47. The van der Waals surface area contributed by atoms with Gasteiger partial charge in [0.2, 0.25) is 0 Å². The van der Waals surface area contributed by atoms with Crippen molar-refractivity contribution in [2.45, 2.75) is 26.2 Å². The Morgan fingerprint density at radius 1 is 0.941 bits per heavy atom. The molecule has 1 heteroatoms. The number of thioether (sulfide) groups is 1. The van der Waals surface area contributed by atoms with Crippen LogP contribution in [-0.4, -0.2) is 11.5 Å². The van der Waals surface area contributed by atoms with E-state index < -0.39 is 0 Å². The van der Waals surface area contributed by atoms with Gasteiger partial charge in [0, 0.05) is 0 Å². The fraction of sp³-hybridized carbons (Fsp3) is 0.375. The van der Waals surface area contributed by atoms with Crippen molar-refractivity contribution in [1.29, 1.82) is 0 Å². The van der Waals surface area contributed by atoms with E-state index in [2.05, 4.69) is 61.2 Å². The van der Waals surface area contributed by atoms with Crippen molar-refractivity contribution in [3.05, 3.63) is 48.0 Å². The van der Waals surface area contributed by atoms with Crippen LogP contribution in [0.2, 0.25) is 0 Å². The molecule has 0 heterocycles. The minimum Gasteiger partial charge on any atom is -0.162 e. The smallest absolute Gasteiger partial charge is 0.00270 e. The Kier molecular flexibility index (Phi) is 4.93. The average Bonchev–Trinajstić information content (AvgIpc) is 2.38. The summed E-state index contributed by atoms with van der Waals surface area (Å²) in [6.45, 7) is 2.25. The molecule has 0 spiro atoms. The number of unbranched alkanes of at least 4 members (excludes halogenated alkanes) is 1. The Balaban J connectivity index is 1.90. The van der Waals surface area contributed by atoms with E-state index in [1.54, 1.807) is 0 Å². The predicted molar refractivity (Wildman–Crippen MR) is 79.9 cm³/mol. The lowest BCUT2D eigenvalue weighted by atomic mass is 10.1. The first-order chi connectivity index (χ1) is 8.40. The molecule has 0 nitrogen and oxygen atoms in total. The average molecular weight is 244 g/mol. The lowest BCUT2D eigenvalue weighted by Gasteiger charge is -2.04. The molecule has 0 radical (unpaired) electrons. The Hall–Kier alpha value is -0.950. The van der Waals surface area contributed by atoms with Gasteiger partial charge in [-0.05, 0) is 40.7 Å². The van der Waals surface area contributed by atoms with Crippen molar-refractivity contribution in [2.24, 2.45) is 0 Å². The van der Waals surface area contributed by atoms with Crippen LogP contribution in [0.15, 0.2) is 42.5 Å². The predicted octanol–water partition coefficient (Wildman–Crippen LogP) is 4.92. The lowest BCUT2D eigenvalue weighted by Crippen LogP contribution is -1.90. The number of rotatable bonds is 6. The molecule has 0 amide bonds. The maximum absolute atomic E-state index is 2.33. The van der Waals surface area contributed by atoms with Crippen molar-refractivity contribution < 1.29 is 0 Å². The summed E-state index contributed by atoms with van der Waals surface area (Å²) in [5.74, 6) is 2.56. The molecule has 0 saturated heterocycles. The second kappa shape index (κ2) is 6.70. The molecule has 0 unspecified atom stereocenters. The van der Waals surface area contributed by atoms with Crippen LogP contribution in [0.25, 0.3) is 10.8 Å². The van der Waals surface area contributed by atoms with Gasteiger partial charge in [0.05, 0.1) is 0 Å². The van der Waals surface area contributed by atoms with Crippen molar-refractivity contribution in [3.8, 4) is 0 Å². The van der Waals surface area contributed by atoms with Gasteiger partial charge >= 0.3 is 0 Å². The van der Waals surface area contributed by atoms with Crippen LogP contribution in [0, 0.1) is 0 Å². The maximum Gasteiger partial charge on any atom is -0.00270 e. The van der Waals surface area contributed by atoms with Gasteiger partial charge in [-0.15, -0.1) is 0 Å². The summed E-state index contributed by atoms with van der Waals surface area (Å²) in [4.78, 5) is 0. The number of fused-ring (bicyclic) bond motifs is 1.